The van der Waals surface area contributed by atoms with Crippen LogP contribution in [0.3, 0.4) is 0 Å². The lowest BCUT2D eigenvalue weighted by atomic mass is 9.90. The Labute approximate surface area is 176 Å². The number of hydrogen-bond donors (Lipinski definition) is 0. The topological polar surface area (TPSA) is 61.8 Å². The second-order valence-electron chi connectivity index (χ2n) is 7.07. The van der Waals surface area contributed by atoms with Crippen LogP contribution in [-0.2, 0) is 31.3 Å². The Kier molecular flexibility index (Phi) is 6.86. The Bertz CT molecular complexity index is 965. The van der Waals surface area contributed by atoms with Crippen LogP contribution >= 0.6 is 0 Å². The van der Waals surface area contributed by atoms with E-state index in [2.05, 4.69) is 0 Å². The van der Waals surface area contributed by atoms with Crippen LogP contribution in [0, 0.1) is 0 Å². The third-order valence-corrected chi connectivity index (χ3v) is 4.95. The fourth-order valence-corrected chi connectivity index (χ4v) is 3.18. The average molecular weight is 404 g/mol. The zero-order valence-corrected chi connectivity index (χ0v) is 17.0. The van der Waals surface area contributed by atoms with E-state index in [0.717, 1.165) is 28.0 Å². The number of esters is 1. The summed E-state index contributed by atoms with van der Waals surface area (Å²) in [5, 5.41) is 0. The standard InChI is InChI=1S/C25H24O5/c1-25(30-18-26,16-24(27)29-17-19-8-14-23(28-2)15-9-19)22-12-10-21(11-13-22)20-6-4-3-5-7-20/h3-15,18H,16-17H2,1-2H3. The van der Waals surface area contributed by atoms with Gasteiger partial charge >= 0.3 is 5.97 Å². The Morgan fingerprint density at radius 2 is 1.53 bits per heavy atom. The molecule has 3 aromatic rings. The second kappa shape index (κ2) is 9.74. The van der Waals surface area contributed by atoms with Crippen molar-refractivity contribution in [3.05, 3.63) is 90.0 Å². The van der Waals surface area contributed by atoms with Gasteiger partial charge in [0.25, 0.3) is 6.47 Å². The van der Waals surface area contributed by atoms with Crippen LogP contribution in [0.2, 0.25) is 0 Å². The van der Waals surface area contributed by atoms with Gasteiger partial charge in [-0.15, -0.1) is 0 Å². The molecule has 3 rings (SSSR count). The molecule has 0 heterocycles. The summed E-state index contributed by atoms with van der Waals surface area (Å²) in [6.45, 7) is 2.20. The van der Waals surface area contributed by atoms with Crippen molar-refractivity contribution < 1.29 is 23.8 Å². The smallest absolute Gasteiger partial charge is 0.310 e. The van der Waals surface area contributed by atoms with E-state index < -0.39 is 11.6 Å². The first kappa shape index (κ1) is 21.1. The van der Waals surface area contributed by atoms with Crippen LogP contribution in [-0.4, -0.2) is 19.6 Å². The lowest BCUT2D eigenvalue weighted by molar-refractivity contribution is -0.157. The molecule has 5 nitrogen and oxygen atoms in total. The second-order valence-corrected chi connectivity index (χ2v) is 7.07. The first-order chi connectivity index (χ1) is 14.5. The van der Waals surface area contributed by atoms with Crippen molar-refractivity contribution in [3.8, 4) is 16.9 Å². The van der Waals surface area contributed by atoms with Crippen molar-refractivity contribution in [1.82, 2.24) is 0 Å². The minimum Gasteiger partial charge on any atom is -0.497 e. The fraction of sp³-hybridized carbons (Fsp3) is 0.200. The minimum absolute atomic E-state index is 0.0907. The summed E-state index contributed by atoms with van der Waals surface area (Å²) in [6.07, 6.45) is -0.0907. The summed E-state index contributed by atoms with van der Waals surface area (Å²) in [4.78, 5) is 23.6. The molecule has 0 saturated heterocycles. The first-order valence-electron chi connectivity index (χ1n) is 9.60. The highest BCUT2D eigenvalue weighted by atomic mass is 16.6. The molecule has 0 amide bonds. The Morgan fingerprint density at radius 3 is 2.13 bits per heavy atom. The number of ether oxygens (including phenoxy) is 3. The van der Waals surface area contributed by atoms with Crippen LogP contribution < -0.4 is 4.74 Å². The van der Waals surface area contributed by atoms with Crippen LogP contribution in [0.25, 0.3) is 11.1 Å². The summed E-state index contributed by atoms with van der Waals surface area (Å²) in [5.41, 5.74) is 2.56. The molecular weight excluding hydrogens is 380 g/mol. The molecular formula is C25H24O5. The van der Waals surface area contributed by atoms with Crippen LogP contribution in [0.1, 0.15) is 24.5 Å². The van der Waals surface area contributed by atoms with Gasteiger partial charge < -0.3 is 14.2 Å². The van der Waals surface area contributed by atoms with Gasteiger partial charge in [0.05, 0.1) is 13.5 Å². The van der Waals surface area contributed by atoms with Crippen molar-refractivity contribution >= 4 is 12.4 Å². The van der Waals surface area contributed by atoms with Gasteiger partial charge in [0.15, 0.2) is 0 Å². The van der Waals surface area contributed by atoms with Gasteiger partial charge in [-0.1, -0.05) is 66.7 Å². The molecule has 0 saturated carbocycles. The SMILES string of the molecule is COc1ccc(COC(=O)CC(C)(OC=O)c2ccc(-c3ccccc3)cc2)cc1. The van der Waals surface area contributed by atoms with Crippen molar-refractivity contribution in [2.75, 3.05) is 7.11 Å². The largest absolute Gasteiger partial charge is 0.497 e. The molecule has 30 heavy (non-hydrogen) atoms. The molecule has 3 aromatic carbocycles. The normalized spacial score (nSPS) is 12.5. The maximum absolute atomic E-state index is 12.4. The Morgan fingerprint density at radius 1 is 0.900 bits per heavy atom. The van der Waals surface area contributed by atoms with Gasteiger partial charge in [-0.05, 0) is 41.3 Å². The molecule has 0 bridgehead atoms. The zero-order chi connectivity index (χ0) is 21.4. The van der Waals surface area contributed by atoms with Crippen molar-refractivity contribution in [1.29, 1.82) is 0 Å². The van der Waals surface area contributed by atoms with E-state index in [0.29, 0.717) is 6.47 Å². The van der Waals surface area contributed by atoms with E-state index in [1.165, 1.54) is 0 Å². The van der Waals surface area contributed by atoms with Crippen molar-refractivity contribution in [2.45, 2.75) is 25.6 Å². The molecule has 1 unspecified atom stereocenters. The van der Waals surface area contributed by atoms with Crippen LogP contribution in [0.5, 0.6) is 5.75 Å². The van der Waals surface area contributed by atoms with E-state index in [4.69, 9.17) is 14.2 Å². The minimum atomic E-state index is -1.12. The molecule has 0 aliphatic rings. The van der Waals surface area contributed by atoms with Crippen molar-refractivity contribution in [3.63, 3.8) is 0 Å². The number of carbonyl (C=O) groups excluding carboxylic acids is 2. The van der Waals surface area contributed by atoms with E-state index in [1.807, 2.05) is 66.7 Å². The number of methoxy groups -OCH3 is 1. The number of carbonyl (C=O) groups is 2. The Balaban J connectivity index is 1.68. The molecule has 0 aliphatic carbocycles. The highest BCUT2D eigenvalue weighted by Crippen LogP contribution is 2.31. The molecule has 154 valence electrons. The predicted octanol–water partition coefficient (Wildman–Crippen LogP) is 4.88. The summed E-state index contributed by atoms with van der Waals surface area (Å²) in [5.74, 6) is 0.276. The van der Waals surface area contributed by atoms with E-state index in [-0.39, 0.29) is 13.0 Å². The Hall–Kier alpha value is -3.60. The lowest BCUT2D eigenvalue weighted by Crippen LogP contribution is -2.29. The number of hydrogen-bond acceptors (Lipinski definition) is 5. The zero-order valence-electron chi connectivity index (χ0n) is 17.0. The van der Waals surface area contributed by atoms with Gasteiger partial charge in [-0.2, -0.15) is 0 Å². The molecule has 0 aliphatic heterocycles. The van der Waals surface area contributed by atoms with Gasteiger partial charge in [-0.25, -0.2) is 0 Å². The molecule has 0 fully saturated rings. The number of benzene rings is 3. The monoisotopic (exact) mass is 404 g/mol. The summed E-state index contributed by atoms with van der Waals surface area (Å²) in [7, 11) is 1.59. The van der Waals surface area contributed by atoms with Gasteiger partial charge in [-0.3, -0.25) is 9.59 Å². The molecule has 0 spiro atoms. The average Bonchev–Trinajstić information content (AvgIpc) is 2.79. The van der Waals surface area contributed by atoms with Crippen molar-refractivity contribution in [2.24, 2.45) is 0 Å². The summed E-state index contributed by atoms with van der Waals surface area (Å²) in [6, 6.07) is 24.8. The van der Waals surface area contributed by atoms with Gasteiger partial charge in [0.2, 0.25) is 0 Å². The molecule has 0 radical (unpaired) electrons. The predicted molar refractivity (Wildman–Crippen MR) is 114 cm³/mol. The van der Waals surface area contributed by atoms with E-state index >= 15 is 0 Å². The highest BCUT2D eigenvalue weighted by molar-refractivity contribution is 5.72. The van der Waals surface area contributed by atoms with Gasteiger partial charge in [0, 0.05) is 0 Å². The maximum Gasteiger partial charge on any atom is 0.310 e. The highest BCUT2D eigenvalue weighted by Gasteiger charge is 2.32. The molecule has 5 heteroatoms. The van der Waals surface area contributed by atoms with Crippen LogP contribution in [0.4, 0.5) is 0 Å². The maximum atomic E-state index is 12.4. The summed E-state index contributed by atoms with van der Waals surface area (Å²) < 4.78 is 15.8. The quantitative estimate of drug-likeness (QED) is 0.376. The molecule has 1 atom stereocenters. The van der Waals surface area contributed by atoms with E-state index in [9.17, 15) is 9.59 Å². The molecule has 0 aromatic heterocycles. The summed E-state index contributed by atoms with van der Waals surface area (Å²) >= 11 is 0. The lowest BCUT2D eigenvalue weighted by Gasteiger charge is -2.27. The first-order valence-corrected chi connectivity index (χ1v) is 9.60. The third kappa shape index (κ3) is 5.26. The molecule has 0 N–H and O–H groups in total. The van der Waals surface area contributed by atoms with Crippen LogP contribution in [0.15, 0.2) is 78.9 Å². The van der Waals surface area contributed by atoms with E-state index in [1.54, 1.807) is 26.2 Å². The number of rotatable bonds is 9. The third-order valence-electron chi connectivity index (χ3n) is 4.95. The fourth-order valence-electron chi connectivity index (χ4n) is 3.18. The van der Waals surface area contributed by atoms with Gasteiger partial charge in [0.1, 0.15) is 18.0 Å².